The highest BCUT2D eigenvalue weighted by Gasteiger charge is 2.22. The van der Waals surface area contributed by atoms with Gasteiger partial charge in [0.15, 0.2) is 5.65 Å². The summed E-state index contributed by atoms with van der Waals surface area (Å²) in [6.45, 7) is 6.09. The molecule has 6 rings (SSSR count). The van der Waals surface area contributed by atoms with Gasteiger partial charge in [-0.2, -0.15) is 0 Å². The third-order valence-corrected chi connectivity index (χ3v) is 6.26. The van der Waals surface area contributed by atoms with E-state index in [0.29, 0.717) is 17.9 Å². The second kappa shape index (κ2) is 7.58. The second-order valence-corrected chi connectivity index (χ2v) is 8.36. The molecule has 2 saturated heterocycles. The molecular formula is C22H25N7O2. The third kappa shape index (κ3) is 3.34. The molecule has 4 aromatic rings. The Bertz CT molecular complexity index is 1240. The highest BCUT2D eigenvalue weighted by molar-refractivity contribution is 5.85. The maximum Gasteiger partial charge on any atom is 0.241 e. The van der Waals surface area contributed by atoms with Crippen molar-refractivity contribution < 1.29 is 9.47 Å². The number of imidazole rings is 1. The molecule has 0 spiro atoms. The van der Waals surface area contributed by atoms with Crippen molar-refractivity contribution in [3.05, 3.63) is 36.5 Å². The Balaban J connectivity index is 1.34. The van der Waals surface area contributed by atoms with Crippen LogP contribution in [0, 0.1) is 12.8 Å². The van der Waals surface area contributed by atoms with Crippen molar-refractivity contribution in [1.29, 1.82) is 0 Å². The van der Waals surface area contributed by atoms with E-state index in [9.17, 15) is 0 Å². The zero-order chi connectivity index (χ0) is 20.8. The minimum absolute atomic E-state index is 0.402. The number of rotatable bonds is 5. The SMILES string of the molecule is Cc1nc2ncc(-c3ccn4nc(NCC5COC5)ncc34)cc2n1C1CCOCC1. The summed E-state index contributed by atoms with van der Waals surface area (Å²) in [6, 6.07) is 4.66. The fourth-order valence-corrected chi connectivity index (χ4v) is 4.51. The Kier molecular flexibility index (Phi) is 4.57. The van der Waals surface area contributed by atoms with E-state index >= 15 is 0 Å². The Labute approximate surface area is 179 Å². The fraction of sp³-hybridized carbons (Fsp3) is 0.455. The first-order valence-corrected chi connectivity index (χ1v) is 10.8. The van der Waals surface area contributed by atoms with Crippen LogP contribution in [0.15, 0.2) is 30.7 Å². The van der Waals surface area contributed by atoms with E-state index < -0.39 is 0 Å². The second-order valence-electron chi connectivity index (χ2n) is 8.36. The molecule has 9 heteroatoms. The summed E-state index contributed by atoms with van der Waals surface area (Å²) in [5.41, 5.74) is 4.92. The van der Waals surface area contributed by atoms with Gasteiger partial charge in [0, 0.05) is 55.2 Å². The van der Waals surface area contributed by atoms with Gasteiger partial charge in [0.1, 0.15) is 5.82 Å². The summed E-state index contributed by atoms with van der Waals surface area (Å²) >= 11 is 0. The van der Waals surface area contributed by atoms with Crippen LogP contribution in [0.4, 0.5) is 5.95 Å². The molecule has 31 heavy (non-hydrogen) atoms. The number of anilines is 1. The summed E-state index contributed by atoms with van der Waals surface area (Å²) in [4.78, 5) is 13.9. The van der Waals surface area contributed by atoms with E-state index in [0.717, 1.165) is 79.4 Å². The Morgan fingerprint density at radius 2 is 1.97 bits per heavy atom. The van der Waals surface area contributed by atoms with Gasteiger partial charge in [-0.3, -0.25) is 0 Å². The number of aromatic nitrogens is 6. The Hall–Kier alpha value is -3.04. The lowest BCUT2D eigenvalue weighted by atomic mass is 10.1. The van der Waals surface area contributed by atoms with Crippen LogP contribution in [-0.2, 0) is 9.47 Å². The molecule has 1 N–H and O–H groups in total. The number of nitrogens with zero attached hydrogens (tertiary/aromatic N) is 6. The number of fused-ring (bicyclic) bond motifs is 2. The van der Waals surface area contributed by atoms with Gasteiger partial charge < -0.3 is 19.4 Å². The lowest BCUT2D eigenvalue weighted by molar-refractivity contribution is -0.0249. The molecule has 0 bridgehead atoms. The minimum Gasteiger partial charge on any atom is -0.381 e. The Morgan fingerprint density at radius 1 is 1.10 bits per heavy atom. The smallest absolute Gasteiger partial charge is 0.241 e. The van der Waals surface area contributed by atoms with Crippen LogP contribution < -0.4 is 5.32 Å². The molecule has 9 nitrogen and oxygen atoms in total. The van der Waals surface area contributed by atoms with E-state index in [-0.39, 0.29) is 0 Å². The molecule has 0 aromatic carbocycles. The molecule has 6 heterocycles. The molecular weight excluding hydrogens is 394 g/mol. The van der Waals surface area contributed by atoms with Crippen LogP contribution in [0.2, 0.25) is 0 Å². The van der Waals surface area contributed by atoms with Crippen LogP contribution in [0.1, 0.15) is 24.7 Å². The van der Waals surface area contributed by atoms with Gasteiger partial charge in [-0.25, -0.2) is 19.5 Å². The third-order valence-electron chi connectivity index (χ3n) is 6.26. The van der Waals surface area contributed by atoms with Crippen molar-refractivity contribution in [2.24, 2.45) is 5.92 Å². The monoisotopic (exact) mass is 419 g/mol. The van der Waals surface area contributed by atoms with Crippen LogP contribution in [-0.4, -0.2) is 62.1 Å². The molecule has 0 amide bonds. The van der Waals surface area contributed by atoms with E-state index in [1.165, 1.54) is 0 Å². The quantitative estimate of drug-likeness (QED) is 0.532. The van der Waals surface area contributed by atoms with Crippen LogP contribution in [0.5, 0.6) is 0 Å². The molecule has 2 aliphatic heterocycles. The zero-order valence-electron chi connectivity index (χ0n) is 17.5. The summed E-state index contributed by atoms with van der Waals surface area (Å²) in [6.07, 6.45) is 7.73. The molecule has 0 radical (unpaired) electrons. The lowest BCUT2D eigenvalue weighted by Crippen LogP contribution is -2.33. The maximum absolute atomic E-state index is 5.55. The molecule has 0 unspecified atom stereocenters. The van der Waals surface area contributed by atoms with Crippen LogP contribution >= 0.6 is 0 Å². The van der Waals surface area contributed by atoms with Crippen LogP contribution in [0.3, 0.4) is 0 Å². The largest absolute Gasteiger partial charge is 0.381 e. The number of hydrogen-bond acceptors (Lipinski definition) is 7. The minimum atomic E-state index is 0.402. The average Bonchev–Trinajstić information content (AvgIpc) is 3.32. The lowest BCUT2D eigenvalue weighted by Gasteiger charge is -2.25. The summed E-state index contributed by atoms with van der Waals surface area (Å²) in [5.74, 6) is 2.17. The predicted molar refractivity (Wildman–Crippen MR) is 116 cm³/mol. The number of ether oxygens (including phenoxy) is 2. The van der Waals surface area contributed by atoms with Crippen molar-refractivity contribution in [2.45, 2.75) is 25.8 Å². The molecule has 0 aliphatic carbocycles. The summed E-state index contributed by atoms with van der Waals surface area (Å²) < 4.78 is 15.0. The Morgan fingerprint density at radius 3 is 2.77 bits per heavy atom. The molecule has 0 atom stereocenters. The van der Waals surface area contributed by atoms with E-state index in [1.807, 2.05) is 23.1 Å². The topological polar surface area (TPSA) is 91.4 Å². The van der Waals surface area contributed by atoms with Crippen molar-refractivity contribution in [1.82, 2.24) is 29.1 Å². The molecule has 2 fully saturated rings. The normalized spacial score (nSPS) is 18.0. The van der Waals surface area contributed by atoms with Crippen molar-refractivity contribution in [2.75, 3.05) is 38.3 Å². The number of nitrogens with one attached hydrogen (secondary N) is 1. The molecule has 160 valence electrons. The standard InChI is InChI=1S/C22H25N7O2/c1-14-26-21-19(29(14)17-3-6-30-7-4-17)8-16(10-23-21)18-2-5-28-20(18)11-25-22(27-28)24-9-15-12-31-13-15/h2,5,8,10-11,15,17H,3-4,6-7,9,12-13H2,1H3,(H,24,27). The van der Waals surface area contributed by atoms with Gasteiger partial charge in [-0.05, 0) is 31.9 Å². The highest BCUT2D eigenvalue weighted by atomic mass is 16.5. The van der Waals surface area contributed by atoms with Crippen molar-refractivity contribution in [3.8, 4) is 11.1 Å². The summed E-state index contributed by atoms with van der Waals surface area (Å²) in [5, 5.41) is 7.91. The highest BCUT2D eigenvalue weighted by Crippen LogP contribution is 2.31. The number of pyridine rings is 1. The average molecular weight is 419 g/mol. The maximum atomic E-state index is 5.55. The van der Waals surface area contributed by atoms with Crippen molar-refractivity contribution in [3.63, 3.8) is 0 Å². The van der Waals surface area contributed by atoms with Gasteiger partial charge in [0.25, 0.3) is 0 Å². The summed E-state index contributed by atoms with van der Waals surface area (Å²) in [7, 11) is 0. The van der Waals surface area contributed by atoms with E-state index in [2.05, 4.69) is 44.0 Å². The molecule has 2 aliphatic rings. The van der Waals surface area contributed by atoms with Gasteiger partial charge >= 0.3 is 0 Å². The van der Waals surface area contributed by atoms with E-state index in [1.54, 1.807) is 0 Å². The first-order valence-electron chi connectivity index (χ1n) is 10.8. The van der Waals surface area contributed by atoms with Crippen LogP contribution in [0.25, 0.3) is 27.8 Å². The first-order chi connectivity index (χ1) is 15.3. The zero-order valence-corrected chi connectivity index (χ0v) is 17.5. The number of aryl methyl sites for hydroxylation is 1. The van der Waals surface area contributed by atoms with Gasteiger partial charge in [-0.15, -0.1) is 5.10 Å². The fourth-order valence-electron chi connectivity index (χ4n) is 4.51. The number of hydrogen-bond donors (Lipinski definition) is 1. The van der Waals surface area contributed by atoms with Gasteiger partial charge in [0.2, 0.25) is 5.95 Å². The predicted octanol–water partition coefficient (Wildman–Crippen LogP) is 2.86. The molecule has 4 aromatic heterocycles. The van der Waals surface area contributed by atoms with Gasteiger partial charge in [-0.1, -0.05) is 0 Å². The van der Waals surface area contributed by atoms with E-state index in [4.69, 9.17) is 14.5 Å². The van der Waals surface area contributed by atoms with Gasteiger partial charge in [0.05, 0.1) is 30.4 Å². The first kappa shape index (κ1) is 18.7. The van der Waals surface area contributed by atoms with Crippen molar-refractivity contribution >= 4 is 22.6 Å². The molecule has 0 saturated carbocycles.